The summed E-state index contributed by atoms with van der Waals surface area (Å²) in [6.45, 7) is 13.9. The number of nitrogens with zero attached hydrogens (tertiary/aromatic N) is 3. The lowest BCUT2D eigenvalue weighted by atomic mass is 9.30. The van der Waals surface area contributed by atoms with Crippen LogP contribution in [0.5, 0.6) is 11.5 Å². The van der Waals surface area contributed by atoms with Gasteiger partial charge in [0.25, 0.3) is 13.4 Å². The molecule has 0 radical (unpaired) electrons. The molecule has 6 heteroatoms. The molecule has 0 saturated carbocycles. The van der Waals surface area contributed by atoms with Crippen LogP contribution in [0.25, 0.3) is 27.5 Å². The van der Waals surface area contributed by atoms with Crippen LogP contribution < -0.4 is 47.3 Å². The van der Waals surface area contributed by atoms with Gasteiger partial charge in [-0.25, -0.2) is 0 Å². The molecule has 0 spiro atoms. The predicted octanol–water partition coefficient (Wildman–Crippen LogP) is 10.4. The molecule has 0 saturated heterocycles. The first-order valence-electron chi connectivity index (χ1n) is 22.1. The van der Waals surface area contributed by atoms with E-state index in [0.717, 1.165) is 22.9 Å². The van der Waals surface area contributed by atoms with Crippen molar-refractivity contribution in [2.45, 2.75) is 52.4 Å². The fourth-order valence-corrected chi connectivity index (χ4v) is 11.2. The van der Waals surface area contributed by atoms with E-state index in [2.05, 4.69) is 220 Å². The summed E-state index contributed by atoms with van der Waals surface area (Å²) in [6.07, 6.45) is 0. The third kappa shape index (κ3) is 4.81. The third-order valence-electron chi connectivity index (χ3n) is 14.1. The highest BCUT2D eigenvalue weighted by Crippen LogP contribution is 2.48. The van der Waals surface area contributed by atoms with Gasteiger partial charge in [0, 0.05) is 56.1 Å². The summed E-state index contributed by atoms with van der Waals surface area (Å²) < 4.78 is 9.55. The first-order valence-corrected chi connectivity index (χ1v) is 22.1. The van der Waals surface area contributed by atoms with E-state index in [9.17, 15) is 0 Å². The van der Waals surface area contributed by atoms with Crippen molar-refractivity contribution in [2.75, 3.05) is 9.80 Å². The minimum absolute atomic E-state index is 0.000753. The highest BCUT2D eigenvalue weighted by Gasteiger charge is 2.47. The van der Waals surface area contributed by atoms with Gasteiger partial charge in [0.15, 0.2) is 0 Å². The van der Waals surface area contributed by atoms with Crippen LogP contribution >= 0.6 is 0 Å². The van der Waals surface area contributed by atoms with Crippen LogP contribution in [0.3, 0.4) is 0 Å². The molecule has 0 unspecified atom stereocenters. The van der Waals surface area contributed by atoms with E-state index in [1.165, 1.54) is 94.1 Å². The zero-order chi connectivity index (χ0) is 41.8. The largest absolute Gasteiger partial charge is 0.458 e. The van der Waals surface area contributed by atoms with Crippen LogP contribution in [0.2, 0.25) is 0 Å². The number of fused-ring (bicyclic) bond motifs is 11. The minimum atomic E-state index is -0.0966. The fraction of sp³-hybridized carbons (Fsp3) is 0.143. The van der Waals surface area contributed by atoms with Crippen LogP contribution in [0.1, 0.15) is 52.7 Å². The summed E-state index contributed by atoms with van der Waals surface area (Å²) in [6, 6.07) is 61.6. The average molecular weight is 798 g/mol. The number of aromatic nitrogens is 1. The second-order valence-electron chi connectivity index (χ2n) is 19.7. The molecule has 296 valence electrons. The van der Waals surface area contributed by atoms with Crippen LogP contribution in [-0.2, 0) is 10.8 Å². The van der Waals surface area contributed by atoms with Crippen molar-refractivity contribution >= 4 is 102 Å². The number of hydrogen-bond acceptors (Lipinski definition) is 3. The number of benzene rings is 8. The summed E-state index contributed by atoms with van der Waals surface area (Å²) in [4.78, 5) is 5.09. The van der Waals surface area contributed by atoms with Gasteiger partial charge in [-0.15, -0.1) is 0 Å². The van der Waals surface area contributed by atoms with Gasteiger partial charge in [-0.2, -0.15) is 0 Å². The second kappa shape index (κ2) is 12.4. The Hall–Kier alpha value is -6.91. The van der Waals surface area contributed by atoms with Gasteiger partial charge < -0.3 is 19.1 Å². The minimum Gasteiger partial charge on any atom is -0.458 e. The standard InChI is InChI=1S/C56H45B2N3O/c1-55(2,3)34-28-47-52-48(29-34)61-44-26-15-13-22-38(44)39-23-17-25-41(54(39)61)58(52)43-32-42-45(33-46(43)59(47)36-18-9-7-10-19-36)60(37-20-11-8-12-21-37)49-30-35(56(4,5)6)31-51-53(49)57(42)40-24-14-16-27-50(40)62-51/h7-33H,1-6H3. The molecule has 8 aromatic carbocycles. The molecular formula is C56H45B2N3O. The summed E-state index contributed by atoms with van der Waals surface area (Å²) in [5.74, 6) is 1.87. The highest BCUT2D eigenvalue weighted by molar-refractivity contribution is 7.02. The zero-order valence-corrected chi connectivity index (χ0v) is 36.0. The lowest BCUT2D eigenvalue weighted by molar-refractivity contribution is 0.483. The molecule has 4 nitrogen and oxygen atoms in total. The van der Waals surface area contributed by atoms with Crippen molar-refractivity contribution in [1.29, 1.82) is 0 Å². The van der Waals surface area contributed by atoms with Gasteiger partial charge >= 0.3 is 0 Å². The number of hydrogen-bond donors (Lipinski definition) is 0. The Kier molecular flexibility index (Phi) is 7.13. The topological polar surface area (TPSA) is 20.6 Å². The Balaban J connectivity index is 1.20. The normalized spacial score (nSPS) is 14.3. The summed E-state index contributed by atoms with van der Waals surface area (Å²) in [7, 11) is 0. The summed E-state index contributed by atoms with van der Waals surface area (Å²) in [5, 5.41) is 2.60. The monoisotopic (exact) mass is 797 g/mol. The van der Waals surface area contributed by atoms with Gasteiger partial charge in [-0.05, 0) is 121 Å². The van der Waals surface area contributed by atoms with E-state index in [1.807, 2.05) is 0 Å². The number of anilines is 6. The van der Waals surface area contributed by atoms with E-state index >= 15 is 0 Å². The molecule has 0 aliphatic carbocycles. The summed E-state index contributed by atoms with van der Waals surface area (Å²) in [5.41, 5.74) is 21.1. The van der Waals surface area contributed by atoms with E-state index in [-0.39, 0.29) is 24.3 Å². The molecule has 0 N–H and O–H groups in total. The van der Waals surface area contributed by atoms with Crippen molar-refractivity contribution in [3.63, 3.8) is 0 Å². The van der Waals surface area contributed by atoms with Gasteiger partial charge in [-0.3, -0.25) is 0 Å². The molecule has 4 aliphatic rings. The van der Waals surface area contributed by atoms with E-state index in [4.69, 9.17) is 4.74 Å². The van der Waals surface area contributed by atoms with Gasteiger partial charge in [0.1, 0.15) is 11.5 Å². The van der Waals surface area contributed by atoms with Gasteiger partial charge in [0.05, 0.1) is 5.52 Å². The Bertz CT molecular complexity index is 3380. The molecule has 5 heterocycles. The predicted molar refractivity (Wildman–Crippen MR) is 263 cm³/mol. The zero-order valence-electron chi connectivity index (χ0n) is 36.0. The molecule has 0 bridgehead atoms. The number of rotatable bonds is 2. The van der Waals surface area contributed by atoms with Crippen molar-refractivity contribution in [3.05, 3.63) is 175 Å². The van der Waals surface area contributed by atoms with E-state index < -0.39 is 0 Å². The quantitative estimate of drug-likeness (QED) is 0.163. The summed E-state index contributed by atoms with van der Waals surface area (Å²) >= 11 is 0. The van der Waals surface area contributed by atoms with Crippen LogP contribution in [0.4, 0.5) is 34.1 Å². The lowest BCUT2D eigenvalue weighted by Crippen LogP contribution is -2.64. The first-order chi connectivity index (χ1) is 30.0. The second-order valence-corrected chi connectivity index (χ2v) is 19.7. The molecule has 62 heavy (non-hydrogen) atoms. The van der Waals surface area contributed by atoms with Gasteiger partial charge in [0.2, 0.25) is 0 Å². The fourth-order valence-electron chi connectivity index (χ4n) is 11.2. The molecule has 9 aromatic rings. The van der Waals surface area contributed by atoms with Gasteiger partial charge in [-0.1, -0.05) is 139 Å². The van der Waals surface area contributed by atoms with Crippen molar-refractivity contribution in [1.82, 2.24) is 4.57 Å². The maximum Gasteiger partial charge on any atom is 0.256 e. The third-order valence-corrected chi connectivity index (χ3v) is 14.1. The van der Waals surface area contributed by atoms with Crippen molar-refractivity contribution in [3.8, 4) is 17.2 Å². The Labute approximate surface area is 364 Å². The maximum atomic E-state index is 6.97. The van der Waals surface area contributed by atoms with E-state index in [1.54, 1.807) is 0 Å². The molecule has 13 rings (SSSR count). The molecular weight excluding hydrogens is 752 g/mol. The first kappa shape index (κ1) is 35.8. The molecule has 0 fully saturated rings. The van der Waals surface area contributed by atoms with Crippen molar-refractivity contribution in [2.24, 2.45) is 0 Å². The smallest absolute Gasteiger partial charge is 0.256 e. The molecule has 0 atom stereocenters. The number of para-hydroxylation sites is 5. The molecule has 4 aliphatic heterocycles. The molecule has 0 amide bonds. The van der Waals surface area contributed by atoms with Crippen molar-refractivity contribution < 1.29 is 4.74 Å². The highest BCUT2D eigenvalue weighted by atomic mass is 16.5. The Morgan fingerprint density at radius 3 is 1.61 bits per heavy atom. The number of ether oxygens (including phenoxy) is 1. The molecule has 1 aromatic heterocycles. The lowest BCUT2D eigenvalue weighted by Gasteiger charge is -2.45. The van der Waals surface area contributed by atoms with E-state index in [0.29, 0.717) is 0 Å². The van der Waals surface area contributed by atoms with Crippen LogP contribution in [0, 0.1) is 0 Å². The maximum absolute atomic E-state index is 6.97. The Morgan fingerprint density at radius 2 is 0.935 bits per heavy atom. The SMILES string of the molecule is CC(C)(C)c1cc2c3c(c1)N(c1ccccc1)c1cc4c(cc1B3c1ccccc1O2)B1c2c(cc(C(C)(C)C)cc2-n2c3ccccc3c3cccc1c32)N4c1ccccc1. The van der Waals surface area contributed by atoms with Crippen LogP contribution in [-0.4, -0.2) is 18.0 Å². The van der Waals surface area contributed by atoms with Crippen LogP contribution in [0.15, 0.2) is 164 Å². The Morgan fingerprint density at radius 1 is 0.403 bits per heavy atom. The average Bonchev–Trinajstić information content (AvgIpc) is 3.62.